The van der Waals surface area contributed by atoms with E-state index in [0.29, 0.717) is 29.1 Å². The van der Waals surface area contributed by atoms with Gasteiger partial charge in [-0.25, -0.2) is 0 Å². The molecule has 2 aromatic rings. The summed E-state index contributed by atoms with van der Waals surface area (Å²) in [5.74, 6) is 0.178. The second kappa shape index (κ2) is 10.3. The maximum absolute atomic E-state index is 13.2. The fourth-order valence-electron chi connectivity index (χ4n) is 4.12. The fraction of sp³-hybridized carbons (Fsp3) is 0.407. The molecule has 1 aliphatic heterocycles. The van der Waals surface area contributed by atoms with Crippen LogP contribution in [0.4, 0.5) is 5.69 Å². The fourth-order valence-corrected chi connectivity index (χ4v) is 4.12. The average molecular weight is 480 g/mol. The predicted molar refractivity (Wildman–Crippen MR) is 136 cm³/mol. The summed E-state index contributed by atoms with van der Waals surface area (Å²) in [6.07, 6.45) is 2.88. The molecule has 1 atom stereocenters. The lowest BCUT2D eigenvalue weighted by Crippen LogP contribution is -2.43. The van der Waals surface area contributed by atoms with Gasteiger partial charge in [-0.1, -0.05) is 25.1 Å². The number of fused-ring (bicyclic) bond motifs is 1. The first-order valence-corrected chi connectivity index (χ1v) is 11.7. The molecular weight excluding hydrogens is 446 g/mol. The second-order valence-electron chi connectivity index (χ2n) is 9.87. The van der Waals surface area contributed by atoms with Gasteiger partial charge in [0.1, 0.15) is 5.75 Å². The minimum atomic E-state index is -1.14. The second-order valence-corrected chi connectivity index (χ2v) is 9.87. The summed E-state index contributed by atoms with van der Waals surface area (Å²) < 4.78 is 5.37. The molecule has 1 amide bonds. The number of anilines is 1. The van der Waals surface area contributed by atoms with Crippen LogP contribution in [0.25, 0.3) is 5.70 Å². The zero-order valence-corrected chi connectivity index (χ0v) is 20.9. The van der Waals surface area contributed by atoms with E-state index < -0.39 is 5.54 Å². The molecular formula is C27H33N3O5. The number of nitrogens with zero attached hydrogens (tertiary/aromatic N) is 1. The van der Waals surface area contributed by atoms with Gasteiger partial charge in [-0.3, -0.25) is 19.7 Å². The molecule has 186 valence electrons. The Labute approximate surface area is 205 Å². The Bertz CT molecular complexity index is 1170. The number of ketones is 1. The summed E-state index contributed by atoms with van der Waals surface area (Å²) in [6.45, 7) is 7.44. The van der Waals surface area contributed by atoms with Crippen LogP contribution in [0.3, 0.4) is 0 Å². The third-order valence-corrected chi connectivity index (χ3v) is 6.51. The number of ether oxygens (including phenoxy) is 1. The van der Waals surface area contributed by atoms with E-state index in [1.165, 1.54) is 0 Å². The average Bonchev–Trinajstić information content (AvgIpc) is 2.81. The van der Waals surface area contributed by atoms with Gasteiger partial charge in [0.2, 0.25) is 11.4 Å². The van der Waals surface area contributed by atoms with Gasteiger partial charge in [0.25, 0.3) is 0 Å². The quantitative estimate of drug-likeness (QED) is 0.226. The van der Waals surface area contributed by atoms with Gasteiger partial charge in [-0.2, -0.15) is 0 Å². The van der Waals surface area contributed by atoms with Crippen molar-refractivity contribution in [2.45, 2.75) is 64.5 Å². The van der Waals surface area contributed by atoms with Crippen LogP contribution in [-0.4, -0.2) is 34.8 Å². The highest BCUT2D eigenvalue weighted by atomic mass is 16.6. The topological polar surface area (TPSA) is 111 Å². The number of rotatable bonds is 9. The minimum absolute atomic E-state index is 0.0190. The maximum Gasteiger partial charge on any atom is 0.224 e. The molecule has 0 aliphatic carbocycles. The monoisotopic (exact) mass is 479 g/mol. The van der Waals surface area contributed by atoms with Crippen LogP contribution < -0.4 is 15.4 Å². The van der Waals surface area contributed by atoms with Crippen LogP contribution >= 0.6 is 0 Å². The van der Waals surface area contributed by atoms with E-state index in [4.69, 9.17) is 4.74 Å². The summed E-state index contributed by atoms with van der Waals surface area (Å²) in [4.78, 5) is 36.5. The van der Waals surface area contributed by atoms with Gasteiger partial charge in [0.05, 0.1) is 7.11 Å². The molecule has 8 nitrogen and oxygen atoms in total. The van der Waals surface area contributed by atoms with Crippen LogP contribution in [0.1, 0.15) is 68.4 Å². The number of benzene rings is 2. The zero-order chi connectivity index (χ0) is 25.8. The van der Waals surface area contributed by atoms with Crippen molar-refractivity contribution in [1.29, 1.82) is 0 Å². The highest BCUT2D eigenvalue weighted by Gasteiger charge is 2.35. The molecule has 8 heteroatoms. The van der Waals surface area contributed by atoms with E-state index in [-0.39, 0.29) is 35.0 Å². The molecule has 0 spiro atoms. The minimum Gasteiger partial charge on any atom is -0.497 e. The molecule has 0 bridgehead atoms. The molecule has 0 saturated carbocycles. The van der Waals surface area contributed by atoms with Crippen molar-refractivity contribution < 1.29 is 19.2 Å². The molecule has 0 saturated heterocycles. The van der Waals surface area contributed by atoms with Gasteiger partial charge in [0, 0.05) is 65.2 Å². The summed E-state index contributed by atoms with van der Waals surface area (Å²) in [7, 11) is 1.61. The SMILES string of the molecule is CCC(C)(CCC(=O)Nc1cccc(C(=O)C=C2NC(C)(C)Cc3ccc(OC)cc32)c1)[N+](=O)[O-]. The van der Waals surface area contributed by atoms with Crippen LogP contribution in [0.5, 0.6) is 5.75 Å². The first-order valence-electron chi connectivity index (χ1n) is 11.7. The summed E-state index contributed by atoms with van der Waals surface area (Å²) in [5.41, 5.74) is 2.30. The third-order valence-electron chi connectivity index (χ3n) is 6.51. The van der Waals surface area contributed by atoms with E-state index >= 15 is 0 Å². The van der Waals surface area contributed by atoms with Crippen molar-refractivity contribution in [3.63, 3.8) is 0 Å². The summed E-state index contributed by atoms with van der Waals surface area (Å²) >= 11 is 0. The van der Waals surface area contributed by atoms with Crippen molar-refractivity contribution in [3.05, 3.63) is 75.3 Å². The van der Waals surface area contributed by atoms with E-state index in [1.807, 2.05) is 18.2 Å². The zero-order valence-electron chi connectivity index (χ0n) is 20.9. The Hall–Kier alpha value is -3.68. The number of amides is 1. The van der Waals surface area contributed by atoms with E-state index in [2.05, 4.69) is 24.5 Å². The van der Waals surface area contributed by atoms with E-state index in [1.54, 1.807) is 51.3 Å². The van der Waals surface area contributed by atoms with E-state index in [0.717, 1.165) is 17.5 Å². The number of nitro groups is 1. The highest BCUT2D eigenvalue weighted by molar-refractivity contribution is 6.09. The lowest BCUT2D eigenvalue weighted by molar-refractivity contribution is -0.566. The summed E-state index contributed by atoms with van der Waals surface area (Å²) in [6, 6.07) is 12.6. The Kier molecular flexibility index (Phi) is 7.63. The predicted octanol–water partition coefficient (Wildman–Crippen LogP) is 5.01. The first-order chi connectivity index (χ1) is 16.5. The first kappa shape index (κ1) is 25.9. The van der Waals surface area contributed by atoms with Crippen molar-refractivity contribution in [2.24, 2.45) is 0 Å². The number of carbonyl (C=O) groups is 2. The smallest absolute Gasteiger partial charge is 0.224 e. The van der Waals surface area contributed by atoms with Gasteiger partial charge in [0.15, 0.2) is 5.78 Å². The number of methoxy groups -OCH3 is 1. The molecule has 0 fully saturated rings. The molecule has 35 heavy (non-hydrogen) atoms. The van der Waals surface area contributed by atoms with Gasteiger partial charge >= 0.3 is 0 Å². The van der Waals surface area contributed by atoms with Gasteiger partial charge in [-0.15, -0.1) is 0 Å². The van der Waals surface area contributed by atoms with Crippen molar-refractivity contribution >= 4 is 23.1 Å². The van der Waals surface area contributed by atoms with Crippen molar-refractivity contribution in [2.75, 3.05) is 12.4 Å². The molecule has 3 rings (SSSR count). The third kappa shape index (κ3) is 6.26. The van der Waals surface area contributed by atoms with Crippen molar-refractivity contribution in [3.8, 4) is 5.75 Å². The Balaban J connectivity index is 1.78. The largest absolute Gasteiger partial charge is 0.497 e. The molecule has 1 unspecified atom stereocenters. The Morgan fingerprint density at radius 1 is 1.26 bits per heavy atom. The normalized spacial score (nSPS) is 17.0. The van der Waals surface area contributed by atoms with E-state index in [9.17, 15) is 19.7 Å². The number of hydrogen-bond donors (Lipinski definition) is 2. The van der Waals surface area contributed by atoms with Gasteiger partial charge in [-0.05, 0) is 50.1 Å². The summed E-state index contributed by atoms with van der Waals surface area (Å²) in [5, 5.41) is 17.5. The van der Waals surface area contributed by atoms with Crippen LogP contribution in [0, 0.1) is 10.1 Å². The molecule has 1 aliphatic rings. The number of hydrogen-bond acceptors (Lipinski definition) is 6. The van der Waals surface area contributed by atoms with Crippen LogP contribution in [-0.2, 0) is 11.2 Å². The lowest BCUT2D eigenvalue weighted by Gasteiger charge is -2.35. The number of nitrogens with one attached hydrogen (secondary N) is 2. The molecule has 0 aromatic heterocycles. The Morgan fingerprint density at radius 2 is 2.00 bits per heavy atom. The molecule has 2 aromatic carbocycles. The molecule has 2 N–H and O–H groups in total. The molecule has 0 radical (unpaired) electrons. The van der Waals surface area contributed by atoms with Crippen LogP contribution in [0.2, 0.25) is 0 Å². The maximum atomic E-state index is 13.2. The Morgan fingerprint density at radius 3 is 2.66 bits per heavy atom. The standard InChI is InChI=1S/C27H33N3O5/c1-6-27(4,30(33)34)13-12-25(32)28-20-9-7-8-18(14-20)24(31)16-23-22-15-21(35-5)11-10-19(22)17-26(2,3)29-23/h7-11,14-16,29H,6,12-13,17H2,1-5H3,(H,28,32). The number of allylic oxidation sites excluding steroid dienone is 1. The lowest BCUT2D eigenvalue weighted by atomic mass is 9.85. The van der Waals surface area contributed by atoms with Crippen LogP contribution in [0.15, 0.2) is 48.5 Å². The molecule has 1 heterocycles. The van der Waals surface area contributed by atoms with Crippen molar-refractivity contribution in [1.82, 2.24) is 5.32 Å². The number of carbonyl (C=O) groups excluding carboxylic acids is 2. The highest BCUT2D eigenvalue weighted by Crippen LogP contribution is 2.32. The van der Waals surface area contributed by atoms with Gasteiger partial charge < -0.3 is 15.4 Å².